The first kappa shape index (κ1) is 19.8. The van der Waals surface area contributed by atoms with Crippen LogP contribution in [0.3, 0.4) is 0 Å². The standard InChI is InChI=1S/C23H18BrN3O3/c1-14-11-15(24)8-9-18(14)27-22(28)13-25-23(29)17-12-20(21-7-4-10-30-21)26-19-6-3-2-5-16(17)19/h2-12H,13H2,1H3,(H,25,29)(H,27,28). The number of fused-ring (bicyclic) bond motifs is 1. The highest BCUT2D eigenvalue weighted by Gasteiger charge is 2.16. The number of anilines is 1. The van der Waals surface area contributed by atoms with E-state index in [1.807, 2.05) is 49.4 Å². The van der Waals surface area contributed by atoms with E-state index >= 15 is 0 Å². The number of hydrogen-bond acceptors (Lipinski definition) is 4. The summed E-state index contributed by atoms with van der Waals surface area (Å²) in [6.07, 6.45) is 1.56. The van der Waals surface area contributed by atoms with Crippen LogP contribution < -0.4 is 10.6 Å². The van der Waals surface area contributed by atoms with Gasteiger partial charge in [-0.15, -0.1) is 0 Å². The summed E-state index contributed by atoms with van der Waals surface area (Å²) in [5.74, 6) is -0.0965. The van der Waals surface area contributed by atoms with Crippen LogP contribution in [0.4, 0.5) is 5.69 Å². The average Bonchev–Trinajstić information content (AvgIpc) is 3.28. The van der Waals surface area contributed by atoms with Gasteiger partial charge in [0.2, 0.25) is 5.91 Å². The first-order valence-corrected chi connectivity index (χ1v) is 10.1. The van der Waals surface area contributed by atoms with Crippen LogP contribution in [0, 0.1) is 6.92 Å². The van der Waals surface area contributed by atoms with E-state index in [9.17, 15) is 9.59 Å². The van der Waals surface area contributed by atoms with E-state index in [0.717, 1.165) is 10.0 Å². The summed E-state index contributed by atoms with van der Waals surface area (Å²) in [7, 11) is 0. The van der Waals surface area contributed by atoms with Crippen LogP contribution in [0.15, 0.2) is 75.8 Å². The largest absolute Gasteiger partial charge is 0.463 e. The van der Waals surface area contributed by atoms with Crippen molar-refractivity contribution in [3.8, 4) is 11.5 Å². The van der Waals surface area contributed by atoms with Crippen LogP contribution in [0.25, 0.3) is 22.4 Å². The van der Waals surface area contributed by atoms with Crippen molar-refractivity contribution >= 4 is 44.3 Å². The Kier molecular flexibility index (Phi) is 5.63. The molecule has 0 saturated carbocycles. The molecule has 2 aromatic carbocycles. The van der Waals surface area contributed by atoms with E-state index in [-0.39, 0.29) is 18.4 Å². The Balaban J connectivity index is 1.53. The van der Waals surface area contributed by atoms with E-state index in [2.05, 4.69) is 31.5 Å². The molecule has 2 heterocycles. The van der Waals surface area contributed by atoms with Gasteiger partial charge in [-0.05, 0) is 55.0 Å². The lowest BCUT2D eigenvalue weighted by atomic mass is 10.1. The fourth-order valence-corrected chi connectivity index (χ4v) is 3.61. The maximum absolute atomic E-state index is 12.9. The lowest BCUT2D eigenvalue weighted by molar-refractivity contribution is -0.115. The average molecular weight is 464 g/mol. The highest BCUT2D eigenvalue weighted by atomic mass is 79.9. The van der Waals surface area contributed by atoms with Gasteiger partial charge in [0.15, 0.2) is 5.76 Å². The molecule has 2 aromatic heterocycles. The van der Waals surface area contributed by atoms with Crippen molar-refractivity contribution in [1.82, 2.24) is 10.3 Å². The molecule has 0 radical (unpaired) electrons. The summed E-state index contributed by atoms with van der Waals surface area (Å²) in [6.45, 7) is 1.75. The van der Waals surface area contributed by atoms with Crippen LogP contribution in [0.1, 0.15) is 15.9 Å². The lowest BCUT2D eigenvalue weighted by Gasteiger charge is -2.11. The number of carbonyl (C=O) groups is 2. The van der Waals surface area contributed by atoms with Crippen molar-refractivity contribution < 1.29 is 14.0 Å². The highest BCUT2D eigenvalue weighted by molar-refractivity contribution is 9.10. The highest BCUT2D eigenvalue weighted by Crippen LogP contribution is 2.25. The molecule has 0 fully saturated rings. The summed E-state index contributed by atoms with van der Waals surface area (Å²) in [5, 5.41) is 6.21. The summed E-state index contributed by atoms with van der Waals surface area (Å²) >= 11 is 3.40. The number of hydrogen-bond donors (Lipinski definition) is 2. The topological polar surface area (TPSA) is 84.2 Å². The number of aromatic nitrogens is 1. The van der Waals surface area contributed by atoms with Crippen molar-refractivity contribution in [2.24, 2.45) is 0 Å². The number of para-hydroxylation sites is 1. The molecular weight excluding hydrogens is 446 g/mol. The quantitative estimate of drug-likeness (QED) is 0.439. The third kappa shape index (κ3) is 4.26. The van der Waals surface area contributed by atoms with Crippen LogP contribution in [-0.4, -0.2) is 23.3 Å². The minimum Gasteiger partial charge on any atom is -0.463 e. The van der Waals surface area contributed by atoms with Crippen molar-refractivity contribution in [2.75, 3.05) is 11.9 Å². The molecule has 0 saturated heterocycles. The molecule has 0 atom stereocenters. The van der Waals surface area contributed by atoms with Gasteiger partial charge in [-0.1, -0.05) is 34.1 Å². The molecule has 6 nitrogen and oxygen atoms in total. The summed E-state index contributed by atoms with van der Waals surface area (Å²) in [6, 6.07) is 18.2. The minimum atomic E-state index is -0.357. The second-order valence-corrected chi connectivity index (χ2v) is 7.66. The predicted octanol–water partition coefficient (Wildman–Crippen LogP) is 4.93. The Labute approximate surface area is 181 Å². The number of carbonyl (C=O) groups excluding carboxylic acids is 2. The van der Waals surface area contributed by atoms with Gasteiger partial charge in [0.25, 0.3) is 5.91 Å². The van der Waals surface area contributed by atoms with Gasteiger partial charge in [0.05, 0.1) is 23.9 Å². The SMILES string of the molecule is Cc1cc(Br)ccc1NC(=O)CNC(=O)c1cc(-c2ccco2)nc2ccccc12. The van der Waals surface area contributed by atoms with Crippen LogP contribution in [0.2, 0.25) is 0 Å². The van der Waals surface area contributed by atoms with Crippen molar-refractivity contribution in [1.29, 1.82) is 0 Å². The Bertz CT molecular complexity index is 1240. The lowest BCUT2D eigenvalue weighted by Crippen LogP contribution is -2.33. The zero-order chi connectivity index (χ0) is 21.1. The third-order valence-corrected chi connectivity index (χ3v) is 5.10. The Morgan fingerprint density at radius 1 is 1.07 bits per heavy atom. The number of nitrogens with one attached hydrogen (secondary N) is 2. The molecule has 2 N–H and O–H groups in total. The molecule has 0 aliphatic carbocycles. The number of halogens is 1. The third-order valence-electron chi connectivity index (χ3n) is 4.61. The molecule has 4 aromatic rings. The first-order valence-electron chi connectivity index (χ1n) is 9.29. The molecule has 7 heteroatoms. The van der Waals surface area contributed by atoms with Gasteiger partial charge in [0.1, 0.15) is 5.69 Å². The number of pyridine rings is 1. The molecule has 2 amide bonds. The van der Waals surface area contributed by atoms with Gasteiger partial charge in [-0.3, -0.25) is 9.59 Å². The van der Waals surface area contributed by atoms with Gasteiger partial charge in [-0.2, -0.15) is 0 Å². The predicted molar refractivity (Wildman–Crippen MR) is 119 cm³/mol. The van der Waals surface area contributed by atoms with Gasteiger partial charge >= 0.3 is 0 Å². The second kappa shape index (κ2) is 8.51. The zero-order valence-corrected chi connectivity index (χ0v) is 17.7. The second-order valence-electron chi connectivity index (χ2n) is 6.74. The minimum absolute atomic E-state index is 0.152. The molecule has 0 unspecified atom stereocenters. The summed E-state index contributed by atoms with van der Waals surface area (Å²) in [5.41, 5.74) is 3.28. The Hall–Kier alpha value is -3.45. The molecule has 4 rings (SSSR count). The fourth-order valence-electron chi connectivity index (χ4n) is 3.13. The van der Waals surface area contributed by atoms with Crippen molar-refractivity contribution in [2.45, 2.75) is 6.92 Å². The van der Waals surface area contributed by atoms with Crippen LogP contribution in [-0.2, 0) is 4.79 Å². The molecule has 30 heavy (non-hydrogen) atoms. The van der Waals surface area contributed by atoms with E-state index in [4.69, 9.17) is 4.42 Å². The van der Waals surface area contributed by atoms with Gasteiger partial charge < -0.3 is 15.1 Å². The van der Waals surface area contributed by atoms with E-state index in [1.165, 1.54) is 0 Å². The molecule has 0 spiro atoms. The number of rotatable bonds is 5. The van der Waals surface area contributed by atoms with Gasteiger partial charge in [0, 0.05) is 15.5 Å². The number of nitrogens with zero attached hydrogens (tertiary/aromatic N) is 1. The maximum atomic E-state index is 12.9. The van der Waals surface area contributed by atoms with E-state index in [0.29, 0.717) is 33.6 Å². The molecule has 0 bridgehead atoms. The Morgan fingerprint density at radius 2 is 1.90 bits per heavy atom. The van der Waals surface area contributed by atoms with E-state index < -0.39 is 0 Å². The van der Waals surface area contributed by atoms with Crippen molar-refractivity contribution in [3.63, 3.8) is 0 Å². The number of aryl methyl sites for hydroxylation is 1. The van der Waals surface area contributed by atoms with E-state index in [1.54, 1.807) is 24.5 Å². The first-order chi connectivity index (χ1) is 14.5. The molecular formula is C23H18BrN3O3. The smallest absolute Gasteiger partial charge is 0.252 e. The number of amides is 2. The van der Waals surface area contributed by atoms with Crippen LogP contribution >= 0.6 is 15.9 Å². The van der Waals surface area contributed by atoms with Gasteiger partial charge in [-0.25, -0.2) is 4.98 Å². The molecule has 0 aliphatic heterocycles. The maximum Gasteiger partial charge on any atom is 0.252 e. The van der Waals surface area contributed by atoms with Crippen molar-refractivity contribution in [3.05, 3.63) is 82.5 Å². The summed E-state index contributed by atoms with van der Waals surface area (Å²) in [4.78, 5) is 29.8. The molecule has 150 valence electrons. The normalized spacial score (nSPS) is 10.7. The van der Waals surface area contributed by atoms with Crippen LogP contribution in [0.5, 0.6) is 0 Å². The summed E-state index contributed by atoms with van der Waals surface area (Å²) < 4.78 is 6.36. The monoisotopic (exact) mass is 463 g/mol. The number of furan rings is 1. The number of benzene rings is 2. The zero-order valence-electron chi connectivity index (χ0n) is 16.1. The Morgan fingerprint density at radius 3 is 2.67 bits per heavy atom. The molecule has 0 aliphatic rings. The fraction of sp³-hybridized carbons (Fsp3) is 0.0870.